The number of sulfonamides is 1. The second-order valence-corrected chi connectivity index (χ2v) is 7.38. The van der Waals surface area contributed by atoms with Gasteiger partial charge in [0.25, 0.3) is 5.91 Å². The molecule has 0 unspecified atom stereocenters. The van der Waals surface area contributed by atoms with Crippen LogP contribution in [-0.4, -0.2) is 45.6 Å². The number of rotatable bonds is 7. The number of nitrogens with zero attached hydrogens (tertiary/aromatic N) is 2. The Morgan fingerprint density at radius 2 is 2.07 bits per heavy atom. The molecule has 0 aromatic heterocycles. The number of halogens is 1. The average Bonchev–Trinajstić information content (AvgIpc) is 2.60. The summed E-state index contributed by atoms with van der Waals surface area (Å²) in [4.78, 5) is 12.0. The zero-order valence-electron chi connectivity index (χ0n) is 14.6. The molecule has 0 fully saturated rings. The molecule has 0 spiro atoms. The number of ether oxygens (including phenoxy) is 1. The molecule has 10 heteroatoms. The Bertz CT molecular complexity index is 963. The number of methoxy groups -OCH3 is 1. The van der Waals surface area contributed by atoms with Crippen molar-refractivity contribution >= 4 is 27.8 Å². The number of carbonyl (C=O) groups excluding carboxylic acids is 1. The van der Waals surface area contributed by atoms with E-state index in [1.165, 1.54) is 43.7 Å². The van der Waals surface area contributed by atoms with Crippen molar-refractivity contribution in [2.24, 2.45) is 5.10 Å². The lowest BCUT2D eigenvalue weighted by molar-refractivity contribution is -0.119. The van der Waals surface area contributed by atoms with E-state index < -0.39 is 28.3 Å². The second kappa shape index (κ2) is 8.49. The van der Waals surface area contributed by atoms with E-state index >= 15 is 0 Å². The van der Waals surface area contributed by atoms with Gasteiger partial charge in [0, 0.05) is 0 Å². The molecule has 0 aliphatic carbocycles. The van der Waals surface area contributed by atoms with Crippen molar-refractivity contribution in [2.75, 3.05) is 24.2 Å². The Morgan fingerprint density at radius 1 is 1.33 bits per heavy atom. The highest BCUT2D eigenvalue weighted by Crippen LogP contribution is 2.25. The van der Waals surface area contributed by atoms with Crippen molar-refractivity contribution in [3.63, 3.8) is 0 Å². The minimum atomic E-state index is -3.81. The zero-order chi connectivity index (χ0) is 20.0. The molecule has 0 atom stereocenters. The van der Waals surface area contributed by atoms with Crippen molar-refractivity contribution in [3.05, 3.63) is 53.8 Å². The van der Waals surface area contributed by atoms with E-state index in [1.54, 1.807) is 6.07 Å². The van der Waals surface area contributed by atoms with Gasteiger partial charge in [0.1, 0.15) is 12.4 Å². The normalized spacial score (nSPS) is 11.4. The van der Waals surface area contributed by atoms with E-state index in [9.17, 15) is 22.7 Å². The van der Waals surface area contributed by atoms with Gasteiger partial charge in [-0.1, -0.05) is 6.07 Å². The molecule has 27 heavy (non-hydrogen) atoms. The van der Waals surface area contributed by atoms with E-state index in [1.807, 2.05) is 0 Å². The van der Waals surface area contributed by atoms with Crippen LogP contribution >= 0.6 is 0 Å². The van der Waals surface area contributed by atoms with Gasteiger partial charge < -0.3 is 9.84 Å². The molecule has 0 saturated carbocycles. The first-order valence-electron chi connectivity index (χ1n) is 7.63. The maximum atomic E-state index is 13.4. The third-order valence-corrected chi connectivity index (χ3v) is 4.53. The Labute approximate surface area is 155 Å². The predicted molar refractivity (Wildman–Crippen MR) is 99.0 cm³/mol. The molecule has 8 nitrogen and oxygen atoms in total. The Kier molecular flexibility index (Phi) is 6.35. The lowest BCUT2D eigenvalue weighted by Gasteiger charge is -2.21. The number of anilines is 1. The molecule has 0 radical (unpaired) electrons. The summed E-state index contributed by atoms with van der Waals surface area (Å²) in [6.07, 6.45) is 2.21. The van der Waals surface area contributed by atoms with Crippen LogP contribution in [0.1, 0.15) is 5.56 Å². The molecule has 144 valence electrons. The quantitative estimate of drug-likeness (QED) is 0.545. The molecule has 0 aliphatic rings. The van der Waals surface area contributed by atoms with Crippen LogP contribution < -0.4 is 14.5 Å². The monoisotopic (exact) mass is 395 g/mol. The molecule has 2 aromatic rings. The molecule has 2 aromatic carbocycles. The molecular formula is C17H18FN3O5S. The van der Waals surface area contributed by atoms with Crippen molar-refractivity contribution in [1.82, 2.24) is 5.43 Å². The summed E-state index contributed by atoms with van der Waals surface area (Å²) in [5.74, 6) is -1.15. The third kappa shape index (κ3) is 5.68. The van der Waals surface area contributed by atoms with Crippen LogP contribution in [0.4, 0.5) is 10.1 Å². The molecule has 2 rings (SSSR count). The van der Waals surface area contributed by atoms with Crippen LogP contribution in [0.5, 0.6) is 11.5 Å². The van der Waals surface area contributed by atoms with Crippen LogP contribution in [0, 0.1) is 5.82 Å². The first-order chi connectivity index (χ1) is 12.7. The van der Waals surface area contributed by atoms with Crippen LogP contribution in [0.15, 0.2) is 47.6 Å². The van der Waals surface area contributed by atoms with E-state index in [4.69, 9.17) is 4.74 Å². The van der Waals surface area contributed by atoms with Crippen LogP contribution in [-0.2, 0) is 14.8 Å². The highest BCUT2D eigenvalue weighted by molar-refractivity contribution is 7.92. The number of phenolic OH excluding ortho intramolecular Hbond substituents is 1. The van der Waals surface area contributed by atoms with Gasteiger partial charge in [-0.2, -0.15) is 5.10 Å². The topological polar surface area (TPSA) is 108 Å². The smallest absolute Gasteiger partial charge is 0.260 e. The number of nitrogens with one attached hydrogen (secondary N) is 1. The van der Waals surface area contributed by atoms with Crippen molar-refractivity contribution < 1.29 is 27.4 Å². The average molecular weight is 395 g/mol. The van der Waals surface area contributed by atoms with Gasteiger partial charge in [0.2, 0.25) is 10.0 Å². The van der Waals surface area contributed by atoms with Crippen LogP contribution in [0.2, 0.25) is 0 Å². The van der Waals surface area contributed by atoms with Crippen molar-refractivity contribution in [2.45, 2.75) is 0 Å². The fraction of sp³-hybridized carbons (Fsp3) is 0.176. The van der Waals surface area contributed by atoms with E-state index in [0.29, 0.717) is 5.56 Å². The molecule has 0 bridgehead atoms. The summed E-state index contributed by atoms with van der Waals surface area (Å²) in [5, 5.41) is 13.3. The van der Waals surface area contributed by atoms with Gasteiger partial charge >= 0.3 is 0 Å². The first-order valence-corrected chi connectivity index (χ1v) is 9.47. The van der Waals surface area contributed by atoms with Gasteiger partial charge in [0.15, 0.2) is 11.5 Å². The number of phenols is 1. The molecule has 1 amide bonds. The maximum Gasteiger partial charge on any atom is 0.260 e. The summed E-state index contributed by atoms with van der Waals surface area (Å²) in [7, 11) is -2.42. The van der Waals surface area contributed by atoms with Gasteiger partial charge in [-0.05, 0) is 42.0 Å². The van der Waals surface area contributed by atoms with Crippen molar-refractivity contribution in [1.29, 1.82) is 0 Å². The summed E-state index contributed by atoms with van der Waals surface area (Å²) >= 11 is 0. The van der Waals surface area contributed by atoms with Crippen molar-refractivity contribution in [3.8, 4) is 11.5 Å². The van der Waals surface area contributed by atoms with Gasteiger partial charge in [0.05, 0.1) is 25.3 Å². The molecule has 0 heterocycles. The van der Waals surface area contributed by atoms with Gasteiger partial charge in [-0.25, -0.2) is 18.2 Å². The van der Waals surface area contributed by atoms with Gasteiger partial charge in [-0.3, -0.25) is 9.10 Å². The first kappa shape index (κ1) is 20.2. The minimum Gasteiger partial charge on any atom is -0.504 e. The summed E-state index contributed by atoms with van der Waals surface area (Å²) in [6.45, 7) is -0.571. The Morgan fingerprint density at radius 3 is 2.70 bits per heavy atom. The van der Waals surface area contributed by atoms with Crippen LogP contribution in [0.3, 0.4) is 0 Å². The highest BCUT2D eigenvalue weighted by Gasteiger charge is 2.21. The Hall–Kier alpha value is -3.14. The number of amides is 1. The third-order valence-electron chi connectivity index (χ3n) is 3.39. The number of hydrogen-bond donors (Lipinski definition) is 2. The van der Waals surface area contributed by atoms with Crippen LogP contribution in [0.25, 0.3) is 0 Å². The number of benzene rings is 2. The molecular weight excluding hydrogens is 377 g/mol. The SMILES string of the molecule is COc1cc(/C=N\NC(=O)CN(c2cccc(F)c2)S(C)(=O)=O)ccc1O. The number of carbonyl (C=O) groups is 1. The summed E-state index contributed by atoms with van der Waals surface area (Å²) in [5.41, 5.74) is 2.76. The number of hydrazone groups is 1. The standard InChI is InChI=1S/C17H18FN3O5S/c1-26-16-8-12(6-7-15(16)22)10-19-20-17(23)11-21(27(2,24)25)14-5-3-4-13(18)9-14/h3-10,22H,11H2,1-2H3,(H,20,23)/b19-10-. The summed E-state index contributed by atoms with van der Waals surface area (Å²) in [6, 6.07) is 9.35. The maximum absolute atomic E-state index is 13.4. The molecule has 0 aliphatic heterocycles. The fourth-order valence-electron chi connectivity index (χ4n) is 2.15. The second-order valence-electron chi connectivity index (χ2n) is 5.47. The van der Waals surface area contributed by atoms with E-state index in [2.05, 4.69) is 10.5 Å². The zero-order valence-corrected chi connectivity index (χ0v) is 15.4. The molecule has 0 saturated heterocycles. The Balaban J connectivity index is 2.08. The molecule has 2 N–H and O–H groups in total. The number of hydrogen-bond acceptors (Lipinski definition) is 6. The van der Waals surface area contributed by atoms with E-state index in [-0.39, 0.29) is 17.2 Å². The largest absolute Gasteiger partial charge is 0.504 e. The fourth-order valence-corrected chi connectivity index (χ4v) is 3.00. The minimum absolute atomic E-state index is 0.0277. The highest BCUT2D eigenvalue weighted by atomic mass is 32.2. The summed E-state index contributed by atoms with van der Waals surface area (Å²) < 4.78 is 42.9. The number of aromatic hydroxyl groups is 1. The lowest BCUT2D eigenvalue weighted by Crippen LogP contribution is -2.39. The van der Waals surface area contributed by atoms with E-state index in [0.717, 1.165) is 16.6 Å². The lowest BCUT2D eigenvalue weighted by atomic mass is 10.2. The predicted octanol–water partition coefficient (Wildman–Crippen LogP) is 1.46. The van der Waals surface area contributed by atoms with Gasteiger partial charge in [-0.15, -0.1) is 0 Å².